The van der Waals surface area contributed by atoms with Crippen molar-refractivity contribution in [3.63, 3.8) is 0 Å². The van der Waals surface area contributed by atoms with Gasteiger partial charge in [0.25, 0.3) is 0 Å². The highest BCUT2D eigenvalue weighted by atomic mass is 32.2. The number of sulfonamides is 1. The normalized spacial score (nSPS) is 22.9. The van der Waals surface area contributed by atoms with Gasteiger partial charge in [-0.2, -0.15) is 4.31 Å². The van der Waals surface area contributed by atoms with Gasteiger partial charge < -0.3 is 10.4 Å². The molecule has 6 heteroatoms. The van der Waals surface area contributed by atoms with E-state index < -0.39 is 10.0 Å². The van der Waals surface area contributed by atoms with Gasteiger partial charge in [0.2, 0.25) is 10.0 Å². The highest BCUT2D eigenvalue weighted by Gasteiger charge is 2.33. The summed E-state index contributed by atoms with van der Waals surface area (Å²) >= 11 is 0. The molecule has 1 heterocycles. The van der Waals surface area contributed by atoms with E-state index >= 15 is 0 Å². The van der Waals surface area contributed by atoms with Gasteiger partial charge >= 0.3 is 0 Å². The predicted octanol–water partition coefficient (Wildman–Crippen LogP) is -0.229. The van der Waals surface area contributed by atoms with Gasteiger partial charge in [-0.1, -0.05) is 0 Å². The maximum Gasteiger partial charge on any atom is 0.218 e. The summed E-state index contributed by atoms with van der Waals surface area (Å²) in [5, 5.41) is 11.7. The average Bonchev–Trinajstić information content (AvgIpc) is 2.26. The summed E-state index contributed by atoms with van der Waals surface area (Å²) in [5.41, 5.74) is 0. The van der Waals surface area contributed by atoms with Gasteiger partial charge in [0, 0.05) is 19.1 Å². The fraction of sp³-hybridized carbons (Fsp3) is 1.00. The summed E-state index contributed by atoms with van der Waals surface area (Å²) in [6.45, 7) is 5.16. The van der Waals surface area contributed by atoms with Crippen molar-refractivity contribution in [1.82, 2.24) is 9.62 Å². The lowest BCUT2D eigenvalue weighted by atomic mass is 10.2. The van der Waals surface area contributed by atoms with Crippen LogP contribution in [0.1, 0.15) is 26.7 Å². The minimum atomic E-state index is -3.27. The molecule has 0 radical (unpaired) electrons. The van der Waals surface area contributed by atoms with Crippen LogP contribution in [0.15, 0.2) is 0 Å². The van der Waals surface area contributed by atoms with E-state index in [-0.39, 0.29) is 24.4 Å². The number of piperidine rings is 1. The highest BCUT2D eigenvalue weighted by Crippen LogP contribution is 2.18. The quantitative estimate of drug-likeness (QED) is 0.707. The molecular weight excluding hydrogens is 228 g/mol. The van der Waals surface area contributed by atoms with Crippen molar-refractivity contribution in [2.45, 2.75) is 38.0 Å². The molecule has 0 aromatic carbocycles. The molecule has 0 aliphatic carbocycles. The van der Waals surface area contributed by atoms with Gasteiger partial charge in [0.05, 0.1) is 11.9 Å². The van der Waals surface area contributed by atoms with E-state index in [1.807, 2.05) is 13.8 Å². The lowest BCUT2D eigenvalue weighted by molar-refractivity contribution is 0.234. The van der Waals surface area contributed by atoms with E-state index in [0.29, 0.717) is 13.0 Å². The van der Waals surface area contributed by atoms with Gasteiger partial charge in [0.1, 0.15) is 0 Å². The van der Waals surface area contributed by atoms with E-state index in [0.717, 1.165) is 13.0 Å². The third-order valence-corrected chi connectivity index (χ3v) is 5.40. The number of aliphatic hydroxyl groups excluding tert-OH is 1. The number of aliphatic hydroxyl groups is 1. The molecule has 1 fully saturated rings. The van der Waals surface area contributed by atoms with E-state index in [4.69, 9.17) is 5.11 Å². The summed E-state index contributed by atoms with van der Waals surface area (Å²) in [5.74, 6) is 0. The second-order valence-electron chi connectivity index (χ2n) is 4.44. The Kier molecular flexibility index (Phi) is 5.17. The van der Waals surface area contributed by atoms with E-state index in [1.54, 1.807) is 0 Å². The van der Waals surface area contributed by atoms with Gasteiger partial charge in [-0.15, -0.1) is 0 Å². The number of hydrogen-bond acceptors (Lipinski definition) is 4. The number of nitrogens with zero attached hydrogens (tertiary/aromatic N) is 1. The Morgan fingerprint density at radius 1 is 1.50 bits per heavy atom. The lowest BCUT2D eigenvalue weighted by Gasteiger charge is -2.31. The van der Waals surface area contributed by atoms with Crippen LogP contribution in [0.25, 0.3) is 0 Å². The zero-order valence-corrected chi connectivity index (χ0v) is 10.8. The first-order valence-electron chi connectivity index (χ1n) is 5.82. The van der Waals surface area contributed by atoms with Crippen LogP contribution in [0.3, 0.4) is 0 Å². The van der Waals surface area contributed by atoms with Crippen molar-refractivity contribution < 1.29 is 13.5 Å². The molecular formula is C10H22N2O3S. The fourth-order valence-corrected chi connectivity index (χ4v) is 4.14. The first-order valence-corrected chi connectivity index (χ1v) is 7.32. The van der Waals surface area contributed by atoms with Crippen molar-refractivity contribution >= 4 is 10.0 Å². The molecule has 1 aliphatic rings. The van der Waals surface area contributed by atoms with Crippen LogP contribution in [-0.2, 0) is 10.0 Å². The summed E-state index contributed by atoms with van der Waals surface area (Å²) in [7, 11) is -3.27. The van der Waals surface area contributed by atoms with Crippen LogP contribution in [0.2, 0.25) is 0 Å². The van der Waals surface area contributed by atoms with E-state index in [9.17, 15) is 8.42 Å². The Hall–Kier alpha value is -0.170. The molecule has 1 atom stereocenters. The molecule has 5 nitrogen and oxygen atoms in total. The summed E-state index contributed by atoms with van der Waals surface area (Å²) < 4.78 is 26.0. The SMILES string of the molecule is CC(C)N(CCO)S(=O)(=O)C1CCCNC1. The van der Waals surface area contributed by atoms with Crippen molar-refractivity contribution in [1.29, 1.82) is 0 Å². The van der Waals surface area contributed by atoms with Gasteiger partial charge in [-0.05, 0) is 33.2 Å². The molecule has 0 saturated carbocycles. The average molecular weight is 250 g/mol. The van der Waals surface area contributed by atoms with Gasteiger partial charge in [-0.3, -0.25) is 0 Å². The van der Waals surface area contributed by atoms with Crippen LogP contribution in [-0.4, -0.2) is 55.4 Å². The van der Waals surface area contributed by atoms with Crippen molar-refractivity contribution in [3.8, 4) is 0 Å². The molecule has 0 spiro atoms. The summed E-state index contributed by atoms with van der Waals surface area (Å²) in [4.78, 5) is 0. The van der Waals surface area contributed by atoms with Crippen LogP contribution in [0.5, 0.6) is 0 Å². The third kappa shape index (κ3) is 3.16. The highest BCUT2D eigenvalue weighted by molar-refractivity contribution is 7.89. The Morgan fingerprint density at radius 3 is 2.62 bits per heavy atom. The van der Waals surface area contributed by atoms with Crippen molar-refractivity contribution in [2.24, 2.45) is 0 Å². The molecule has 0 aromatic heterocycles. The molecule has 1 aliphatic heterocycles. The minimum Gasteiger partial charge on any atom is -0.395 e. The summed E-state index contributed by atoms with van der Waals surface area (Å²) in [6, 6.07) is -0.0981. The monoisotopic (exact) mass is 250 g/mol. The molecule has 0 aromatic rings. The zero-order valence-electron chi connectivity index (χ0n) is 10.0. The Morgan fingerprint density at radius 2 is 2.19 bits per heavy atom. The number of hydrogen-bond donors (Lipinski definition) is 2. The predicted molar refractivity (Wildman–Crippen MR) is 63.7 cm³/mol. The third-order valence-electron chi connectivity index (χ3n) is 2.90. The molecule has 0 bridgehead atoms. The Balaban J connectivity index is 2.79. The first-order chi connectivity index (χ1) is 7.50. The van der Waals surface area contributed by atoms with Crippen molar-refractivity contribution in [3.05, 3.63) is 0 Å². The Labute approximate surface area is 97.9 Å². The van der Waals surface area contributed by atoms with Crippen LogP contribution >= 0.6 is 0 Å². The fourth-order valence-electron chi connectivity index (χ4n) is 2.04. The minimum absolute atomic E-state index is 0.0981. The topological polar surface area (TPSA) is 69.6 Å². The van der Waals surface area contributed by atoms with Crippen LogP contribution in [0.4, 0.5) is 0 Å². The number of nitrogens with one attached hydrogen (secondary N) is 1. The maximum atomic E-state index is 12.3. The summed E-state index contributed by atoms with van der Waals surface area (Å²) in [6.07, 6.45) is 1.61. The zero-order chi connectivity index (χ0) is 12.2. The first kappa shape index (κ1) is 13.9. The lowest BCUT2D eigenvalue weighted by Crippen LogP contribution is -2.49. The molecule has 1 rings (SSSR count). The van der Waals surface area contributed by atoms with E-state index in [1.165, 1.54) is 4.31 Å². The second-order valence-corrected chi connectivity index (χ2v) is 6.61. The van der Waals surface area contributed by atoms with Crippen LogP contribution in [0, 0.1) is 0 Å². The molecule has 96 valence electrons. The molecule has 1 unspecified atom stereocenters. The largest absolute Gasteiger partial charge is 0.395 e. The van der Waals surface area contributed by atoms with Gasteiger partial charge in [-0.25, -0.2) is 8.42 Å². The van der Waals surface area contributed by atoms with E-state index in [2.05, 4.69) is 5.32 Å². The van der Waals surface area contributed by atoms with Crippen molar-refractivity contribution in [2.75, 3.05) is 26.2 Å². The molecule has 16 heavy (non-hydrogen) atoms. The molecule has 0 amide bonds. The maximum absolute atomic E-state index is 12.3. The smallest absolute Gasteiger partial charge is 0.218 e. The number of rotatable bonds is 5. The van der Waals surface area contributed by atoms with Crippen LogP contribution < -0.4 is 5.32 Å². The second kappa shape index (κ2) is 5.95. The Bertz CT molecular complexity index is 297. The standard InChI is InChI=1S/C10H22N2O3S/c1-9(2)12(6-7-13)16(14,15)10-4-3-5-11-8-10/h9-11,13H,3-8H2,1-2H3. The molecule has 2 N–H and O–H groups in total. The van der Waals surface area contributed by atoms with Gasteiger partial charge in [0.15, 0.2) is 0 Å². The molecule has 1 saturated heterocycles.